The number of unbranched alkanes of at least 4 members (excludes halogenated alkanes) is 6. The summed E-state index contributed by atoms with van der Waals surface area (Å²) in [6.45, 7) is 8.26. The van der Waals surface area contributed by atoms with Crippen LogP contribution in [-0.2, 0) is 4.79 Å². The van der Waals surface area contributed by atoms with E-state index >= 15 is 0 Å². The summed E-state index contributed by atoms with van der Waals surface area (Å²) < 4.78 is 17.1. The molecule has 0 aliphatic carbocycles. The molecule has 0 radical (unpaired) electrons. The Bertz CT molecular complexity index is 1350. The minimum absolute atomic E-state index is 0.101. The predicted molar refractivity (Wildman–Crippen MR) is 176 cm³/mol. The molecule has 0 atom stereocenters. The first-order valence-electron chi connectivity index (χ1n) is 15.7. The van der Waals surface area contributed by atoms with E-state index in [0.29, 0.717) is 46.1 Å². The van der Waals surface area contributed by atoms with Gasteiger partial charge < -0.3 is 34.6 Å². The number of hydrogen-bond donors (Lipinski definition) is 3. The van der Waals surface area contributed by atoms with Crippen LogP contribution in [-0.4, -0.2) is 71.5 Å². The monoisotopic (exact) mass is 608 g/mol. The lowest BCUT2D eigenvalue weighted by molar-refractivity contribution is -0.131. The van der Waals surface area contributed by atoms with Gasteiger partial charge in [0.1, 0.15) is 12.1 Å². The Labute approximate surface area is 261 Å². The third kappa shape index (κ3) is 10.6. The molecular weight excluding hydrogens is 560 g/mol. The van der Waals surface area contributed by atoms with E-state index in [4.69, 9.17) is 19.3 Å². The van der Waals surface area contributed by atoms with E-state index in [1.54, 1.807) is 13.2 Å². The van der Waals surface area contributed by atoms with E-state index in [2.05, 4.69) is 34.0 Å². The number of carbonyl (C=O) groups is 1. The van der Waals surface area contributed by atoms with Gasteiger partial charge in [0, 0.05) is 35.7 Å². The summed E-state index contributed by atoms with van der Waals surface area (Å²) in [5.41, 5.74) is 1.57. The van der Waals surface area contributed by atoms with Gasteiger partial charge in [0.05, 0.1) is 32.0 Å². The highest BCUT2D eigenvalue weighted by atomic mass is 16.5. The summed E-state index contributed by atoms with van der Waals surface area (Å²) in [6, 6.07) is 6.67. The normalized spacial score (nSPS) is 11.4. The fourth-order valence-electron chi connectivity index (χ4n) is 5.05. The van der Waals surface area contributed by atoms with Crippen molar-refractivity contribution in [2.24, 2.45) is 0 Å². The molecule has 0 amide bonds. The van der Waals surface area contributed by atoms with Gasteiger partial charge in [-0.3, -0.25) is 0 Å². The Morgan fingerprint density at radius 2 is 1.55 bits per heavy atom. The molecule has 10 nitrogen and oxygen atoms in total. The Balaban J connectivity index is 1.77. The topological polar surface area (TPSA) is 126 Å². The lowest BCUT2D eigenvalue weighted by atomic mass is 10.1. The highest BCUT2D eigenvalue weighted by molar-refractivity contribution is 5.94. The molecular formula is C34H48N4O6. The summed E-state index contributed by atoms with van der Waals surface area (Å²) in [5, 5.41) is 23.5. The van der Waals surface area contributed by atoms with E-state index in [0.717, 1.165) is 32.1 Å². The Morgan fingerprint density at radius 1 is 0.864 bits per heavy atom. The predicted octanol–water partition coefficient (Wildman–Crippen LogP) is 7.43. The number of hydrogen-bond acceptors (Lipinski definition) is 9. The van der Waals surface area contributed by atoms with Gasteiger partial charge in [0.25, 0.3) is 0 Å². The molecule has 44 heavy (non-hydrogen) atoms. The summed E-state index contributed by atoms with van der Waals surface area (Å²) in [4.78, 5) is 22.6. The quantitative estimate of drug-likeness (QED) is 0.0830. The van der Waals surface area contributed by atoms with E-state index in [1.807, 2.05) is 12.1 Å². The van der Waals surface area contributed by atoms with Gasteiger partial charge in [0.2, 0.25) is 0 Å². The number of nitrogens with zero attached hydrogens (tertiary/aromatic N) is 3. The Kier molecular flexibility index (Phi) is 14.5. The summed E-state index contributed by atoms with van der Waals surface area (Å²) in [5.74, 6) is 0.636. The van der Waals surface area contributed by atoms with Gasteiger partial charge in [0.15, 0.2) is 23.0 Å². The van der Waals surface area contributed by atoms with Crippen LogP contribution >= 0.6 is 0 Å². The lowest BCUT2D eigenvalue weighted by Gasteiger charge is -2.22. The molecule has 1 aromatic heterocycles. The first-order chi connectivity index (χ1) is 21.4. The zero-order valence-corrected chi connectivity index (χ0v) is 26.6. The fraction of sp³-hybridized carbons (Fsp3) is 0.500. The molecule has 3 rings (SSSR count). The molecule has 0 bridgehead atoms. The van der Waals surface area contributed by atoms with E-state index in [9.17, 15) is 9.90 Å². The average Bonchev–Trinajstić information content (AvgIpc) is 3.02. The van der Waals surface area contributed by atoms with Crippen molar-refractivity contribution in [3.8, 4) is 23.0 Å². The van der Waals surface area contributed by atoms with Crippen LogP contribution in [0.4, 0.5) is 11.5 Å². The number of methoxy groups -OCH3 is 2. The van der Waals surface area contributed by atoms with E-state index in [-0.39, 0.29) is 11.5 Å². The highest BCUT2D eigenvalue weighted by Crippen LogP contribution is 2.38. The zero-order valence-electron chi connectivity index (χ0n) is 26.6. The first-order valence-corrected chi connectivity index (χ1v) is 15.7. The molecule has 0 fully saturated rings. The number of fused-ring (bicyclic) bond motifs is 1. The third-order valence-electron chi connectivity index (χ3n) is 7.46. The molecule has 0 unspecified atom stereocenters. The molecule has 1 heterocycles. The minimum atomic E-state index is -1.10. The maximum atomic E-state index is 11.2. The second kappa shape index (κ2) is 18.6. The van der Waals surface area contributed by atoms with Crippen LogP contribution in [0, 0.1) is 0 Å². The fourth-order valence-corrected chi connectivity index (χ4v) is 5.05. The number of aromatic hydroxyl groups is 1. The number of anilines is 2. The largest absolute Gasteiger partial charge is 0.504 e. The van der Waals surface area contributed by atoms with Gasteiger partial charge in [-0.05, 0) is 50.6 Å². The van der Waals surface area contributed by atoms with Gasteiger partial charge in [-0.2, -0.15) is 0 Å². The van der Waals surface area contributed by atoms with Crippen molar-refractivity contribution in [3.63, 3.8) is 0 Å². The van der Waals surface area contributed by atoms with Crippen LogP contribution in [0.3, 0.4) is 0 Å². The van der Waals surface area contributed by atoms with Gasteiger partial charge >= 0.3 is 5.97 Å². The summed E-state index contributed by atoms with van der Waals surface area (Å²) >= 11 is 0. The molecule has 10 heteroatoms. The summed E-state index contributed by atoms with van der Waals surface area (Å²) in [6.07, 6.45) is 14.8. The second-order valence-corrected chi connectivity index (χ2v) is 10.8. The highest BCUT2D eigenvalue weighted by Gasteiger charge is 2.15. The number of carboxylic acid groups (broad SMARTS) is 1. The maximum absolute atomic E-state index is 11.2. The molecule has 0 aliphatic rings. The van der Waals surface area contributed by atoms with Crippen LogP contribution in [0.5, 0.6) is 23.0 Å². The molecule has 3 aromatic rings. The number of carboxylic acids is 1. The van der Waals surface area contributed by atoms with Gasteiger partial charge in [-0.25, -0.2) is 14.8 Å². The standard InChI is InChI=1S/C34H48N4O6/c1-5-7-9-11-16-38(17-12-10-8-6-2)18-13-19-44-32-21-26-28(23-31(32)43-4)35-24-36-34(26)37-27-22-29(39)30(42-3)20-25(27)14-15-33(40)41/h14-15,20-24,39H,5-13,16-19H2,1-4H3,(H,40,41)(H,35,36,37)/b15-14+. The molecule has 0 saturated heterocycles. The van der Waals surface area contributed by atoms with Crippen molar-refractivity contribution in [1.29, 1.82) is 0 Å². The van der Waals surface area contributed by atoms with Crippen LogP contribution in [0.2, 0.25) is 0 Å². The summed E-state index contributed by atoms with van der Waals surface area (Å²) in [7, 11) is 3.03. The molecule has 3 N–H and O–H groups in total. The van der Waals surface area contributed by atoms with Crippen LogP contribution in [0.1, 0.15) is 77.2 Å². The van der Waals surface area contributed by atoms with Crippen LogP contribution < -0.4 is 19.5 Å². The van der Waals surface area contributed by atoms with Crippen molar-refractivity contribution in [3.05, 3.63) is 42.2 Å². The van der Waals surface area contributed by atoms with Gasteiger partial charge in [-0.1, -0.05) is 52.4 Å². The third-order valence-corrected chi connectivity index (χ3v) is 7.46. The van der Waals surface area contributed by atoms with E-state index < -0.39 is 5.97 Å². The molecule has 2 aromatic carbocycles. The van der Waals surface area contributed by atoms with Crippen LogP contribution in [0.15, 0.2) is 36.7 Å². The molecule has 0 spiro atoms. The SMILES string of the molecule is CCCCCCN(CCCCCC)CCCOc1cc2c(Nc3cc(O)c(OC)cc3/C=C/C(=O)O)ncnc2cc1OC. The average molecular weight is 609 g/mol. The lowest BCUT2D eigenvalue weighted by Crippen LogP contribution is -2.28. The minimum Gasteiger partial charge on any atom is -0.504 e. The maximum Gasteiger partial charge on any atom is 0.328 e. The first kappa shape index (κ1) is 34.4. The van der Waals surface area contributed by atoms with E-state index in [1.165, 1.54) is 76.9 Å². The van der Waals surface area contributed by atoms with Crippen molar-refractivity contribution in [1.82, 2.24) is 14.9 Å². The number of aromatic nitrogens is 2. The number of rotatable bonds is 21. The second-order valence-electron chi connectivity index (χ2n) is 10.8. The number of phenolic OH excluding ortho intramolecular Hbond substituents is 1. The van der Waals surface area contributed by atoms with Crippen LogP contribution in [0.25, 0.3) is 17.0 Å². The Morgan fingerprint density at radius 3 is 2.18 bits per heavy atom. The molecule has 0 aliphatic heterocycles. The van der Waals surface area contributed by atoms with Gasteiger partial charge in [-0.15, -0.1) is 0 Å². The number of phenols is 1. The number of benzene rings is 2. The smallest absolute Gasteiger partial charge is 0.328 e. The van der Waals surface area contributed by atoms with Crippen molar-refractivity contribution >= 4 is 34.5 Å². The number of ether oxygens (including phenoxy) is 3. The van der Waals surface area contributed by atoms with Crippen molar-refractivity contribution < 1.29 is 29.2 Å². The van der Waals surface area contributed by atoms with Crippen molar-refractivity contribution in [2.45, 2.75) is 71.6 Å². The van der Waals surface area contributed by atoms with Crippen molar-refractivity contribution in [2.75, 3.05) is 45.8 Å². The number of nitrogens with one attached hydrogen (secondary N) is 1. The Hall–Kier alpha value is -4.05. The zero-order chi connectivity index (χ0) is 31.7. The molecule has 240 valence electrons. The molecule has 0 saturated carbocycles. The number of aliphatic carboxylic acids is 1.